The van der Waals surface area contributed by atoms with Crippen molar-refractivity contribution in [3.63, 3.8) is 0 Å². The van der Waals surface area contributed by atoms with Crippen LogP contribution < -0.4 is 16.8 Å². The summed E-state index contributed by atoms with van der Waals surface area (Å²) in [5.41, 5.74) is 12.2. The summed E-state index contributed by atoms with van der Waals surface area (Å²) < 4.78 is 74.8. The molecule has 6 aromatic carbocycles. The molecule has 0 atom stereocenters. The number of phenolic OH excluding ortho intramolecular Hbond substituents is 2. The maximum Gasteiger partial charge on any atom is 0.296 e. The van der Waals surface area contributed by atoms with Gasteiger partial charge < -0.3 is 27.0 Å². The number of benzene rings is 6. The van der Waals surface area contributed by atoms with Gasteiger partial charge in [0, 0.05) is 11.8 Å². The lowest BCUT2D eigenvalue weighted by molar-refractivity contribution is -0.432. The Hall–Kier alpha value is -6.57. The molecule has 0 aliphatic carbocycles. The first-order valence-corrected chi connectivity index (χ1v) is 19.4. The van der Waals surface area contributed by atoms with Crippen LogP contribution in [0, 0.1) is 0 Å². The molecular weight excluding hydrogens is 807 g/mol. The summed E-state index contributed by atoms with van der Waals surface area (Å²) in [6.07, 6.45) is 0. The van der Waals surface area contributed by atoms with E-state index in [0.717, 1.165) is 12.1 Å². The first kappa shape index (κ1) is 40.1. The molecule has 0 radical (unpaired) electrons. The molecule has 6 rings (SSSR count). The summed E-state index contributed by atoms with van der Waals surface area (Å²) in [5, 5.41) is 59.9. The van der Waals surface area contributed by atoms with E-state index in [1.807, 2.05) is 0 Å². The molecule has 23 heteroatoms. The van der Waals surface area contributed by atoms with E-state index in [1.54, 1.807) is 54.6 Å². The summed E-state index contributed by atoms with van der Waals surface area (Å²) in [5.74, 6) is -0.672. The Morgan fingerprint density at radius 3 is 1.95 bits per heavy atom. The van der Waals surface area contributed by atoms with Crippen LogP contribution >= 0.6 is 12.0 Å². The lowest BCUT2D eigenvalue weighted by atomic mass is 10.1. The van der Waals surface area contributed by atoms with Crippen molar-refractivity contribution in [1.29, 1.82) is 0 Å². The van der Waals surface area contributed by atoms with Crippen LogP contribution in [0.2, 0.25) is 0 Å². The summed E-state index contributed by atoms with van der Waals surface area (Å²) in [6, 6.07) is 24.4. The van der Waals surface area contributed by atoms with Crippen LogP contribution in [-0.2, 0) is 29.6 Å². The van der Waals surface area contributed by atoms with E-state index < -0.39 is 47.2 Å². The van der Waals surface area contributed by atoms with Crippen LogP contribution in [0.15, 0.2) is 149 Å². The number of hydrogen-bond donors (Lipinski definition) is 8. The van der Waals surface area contributed by atoms with Gasteiger partial charge in [0.2, 0.25) is 0 Å². The van der Waals surface area contributed by atoms with Gasteiger partial charge >= 0.3 is 0 Å². The number of nitrogens with one attached hydrogen (secondary N) is 1. The summed E-state index contributed by atoms with van der Waals surface area (Å²) in [6.45, 7) is 0. The van der Waals surface area contributed by atoms with Gasteiger partial charge in [0.15, 0.2) is 5.75 Å². The Balaban J connectivity index is 1.35. The Labute approximate surface area is 326 Å². The van der Waals surface area contributed by atoms with Gasteiger partial charge in [-0.15, -0.1) is 19.7 Å². The Morgan fingerprint density at radius 2 is 1.28 bits per heavy atom. The number of fused-ring (bicyclic) bond motifs is 1. The first-order valence-electron chi connectivity index (χ1n) is 15.7. The maximum atomic E-state index is 12.6. The van der Waals surface area contributed by atoms with Crippen molar-refractivity contribution in [3.05, 3.63) is 103 Å². The molecule has 0 saturated carbocycles. The molecule has 0 unspecified atom stereocenters. The quantitative estimate of drug-likeness (QED) is 0.0134. The van der Waals surface area contributed by atoms with E-state index in [-0.39, 0.29) is 44.2 Å². The molecule has 0 spiro atoms. The zero-order chi connectivity index (χ0) is 40.9. The highest BCUT2D eigenvalue weighted by Gasteiger charge is 2.26. The van der Waals surface area contributed by atoms with Gasteiger partial charge in [0.05, 0.1) is 56.4 Å². The van der Waals surface area contributed by atoms with Crippen LogP contribution in [0.5, 0.6) is 11.5 Å². The second-order valence-corrected chi connectivity index (χ2v) is 15.0. The average Bonchev–Trinajstić information content (AvgIpc) is 3.16. The first-order chi connectivity index (χ1) is 27.1. The highest BCUT2D eigenvalue weighted by molar-refractivity contribution is 7.94. The van der Waals surface area contributed by atoms with Gasteiger partial charge in [-0.2, -0.15) is 32.2 Å². The molecule has 10 N–H and O–H groups in total. The summed E-state index contributed by atoms with van der Waals surface area (Å²) in [4.78, 5) is -1.53. The highest BCUT2D eigenvalue weighted by Crippen LogP contribution is 2.49. The summed E-state index contributed by atoms with van der Waals surface area (Å²) >= 11 is 0.376. The number of azo groups is 3. The fourth-order valence-electron chi connectivity index (χ4n) is 5.13. The van der Waals surface area contributed by atoms with E-state index in [9.17, 15) is 36.2 Å². The third-order valence-electron chi connectivity index (χ3n) is 7.71. The number of nitrogens with zero attached hydrogens (tertiary/aromatic N) is 6. The molecule has 0 heterocycles. The number of phenols is 2. The largest absolute Gasteiger partial charge is 0.508 e. The van der Waals surface area contributed by atoms with Crippen molar-refractivity contribution in [2.75, 3.05) is 16.8 Å². The van der Waals surface area contributed by atoms with Crippen molar-refractivity contribution in [2.45, 2.75) is 14.7 Å². The number of aromatic hydroxyl groups is 2. The van der Waals surface area contributed by atoms with Gasteiger partial charge in [-0.1, -0.05) is 23.2 Å². The van der Waals surface area contributed by atoms with Crippen LogP contribution in [0.3, 0.4) is 0 Å². The van der Waals surface area contributed by atoms with Gasteiger partial charge in [0.25, 0.3) is 20.2 Å². The van der Waals surface area contributed by atoms with Crippen molar-refractivity contribution in [3.8, 4) is 11.5 Å². The van der Waals surface area contributed by atoms with Gasteiger partial charge in [-0.05, 0) is 84.2 Å². The Kier molecular flexibility index (Phi) is 11.7. The molecule has 57 heavy (non-hydrogen) atoms. The third-order valence-corrected chi connectivity index (χ3v) is 10.1. The average molecular weight is 834 g/mol. The van der Waals surface area contributed by atoms with E-state index in [2.05, 4.69) is 45.4 Å². The maximum absolute atomic E-state index is 12.6. The molecule has 0 saturated heterocycles. The molecule has 20 nitrogen and oxygen atoms in total. The second-order valence-electron chi connectivity index (χ2n) is 11.5. The highest BCUT2D eigenvalue weighted by atomic mass is 32.2. The standard InChI is InChI=1S/C34H27N9O11S3/c35-24-17-23(44)11-13-25(24)41-38-21-8-6-19(7-9-21)37-26-12-10-22(16-28(26)56(47,48)49)40-43-33-29(57(50,51)52)15-18-14-27(55-54-53-46)32(34(45)30(18)31(33)36)42-39-20-4-2-1-3-5-20/h1-17,37,44-46H,35-36H2,(H,47,48,49)(H,50,51,52). The number of hydrogen-bond acceptors (Lipinski definition) is 19. The topological polar surface area (TPSA) is 326 Å². The van der Waals surface area contributed by atoms with Crippen LogP contribution in [0.25, 0.3) is 10.8 Å². The van der Waals surface area contributed by atoms with Crippen LogP contribution in [0.4, 0.5) is 56.9 Å². The minimum atomic E-state index is -5.08. The van der Waals surface area contributed by atoms with Gasteiger partial charge in [0.1, 0.15) is 32.6 Å². The van der Waals surface area contributed by atoms with E-state index in [4.69, 9.17) is 16.7 Å². The van der Waals surface area contributed by atoms with Crippen LogP contribution in [0.1, 0.15) is 0 Å². The molecule has 0 aliphatic rings. The zero-order valence-electron chi connectivity index (χ0n) is 28.6. The van der Waals surface area contributed by atoms with Crippen LogP contribution in [-0.4, -0.2) is 41.4 Å². The smallest absolute Gasteiger partial charge is 0.296 e. The number of rotatable bonds is 13. The zero-order valence-corrected chi connectivity index (χ0v) is 31.0. The lowest BCUT2D eigenvalue weighted by Crippen LogP contribution is -2.03. The molecule has 0 bridgehead atoms. The normalized spacial score (nSPS) is 12.3. The van der Waals surface area contributed by atoms with Crippen molar-refractivity contribution < 1.29 is 50.8 Å². The van der Waals surface area contributed by atoms with E-state index in [1.165, 1.54) is 36.4 Å². The molecule has 0 aromatic heterocycles. The number of nitrogen functional groups attached to an aromatic ring is 2. The number of anilines is 4. The fourth-order valence-corrected chi connectivity index (χ4v) is 6.97. The monoisotopic (exact) mass is 833 g/mol. The van der Waals surface area contributed by atoms with Gasteiger partial charge in [-0.3, -0.25) is 9.11 Å². The van der Waals surface area contributed by atoms with Gasteiger partial charge in [-0.25, -0.2) is 5.26 Å². The Morgan fingerprint density at radius 1 is 0.649 bits per heavy atom. The molecule has 0 amide bonds. The summed E-state index contributed by atoms with van der Waals surface area (Å²) in [7, 11) is -9.99. The fraction of sp³-hybridized carbons (Fsp3) is 0. The second kappa shape index (κ2) is 16.7. The predicted molar refractivity (Wildman–Crippen MR) is 208 cm³/mol. The number of nitrogens with two attached hydrogens (primary N) is 2. The third kappa shape index (κ3) is 9.46. The molecule has 0 fully saturated rings. The Bertz CT molecular complexity index is 2810. The SMILES string of the molecule is Nc1cc(O)ccc1N=Nc1ccc(Nc2ccc(N=Nc3c(S(=O)(=O)O)cc4cc(SOOO)c(N=Nc5ccccc5)c(O)c4c3N)cc2S(=O)(=O)O)cc1. The van der Waals surface area contributed by atoms with E-state index >= 15 is 0 Å². The molecule has 0 aliphatic heterocycles. The van der Waals surface area contributed by atoms with Crippen molar-refractivity contribution in [1.82, 2.24) is 0 Å². The van der Waals surface area contributed by atoms with Crippen molar-refractivity contribution >= 4 is 99.9 Å². The molecule has 292 valence electrons. The molecular formula is C34H27N9O11S3. The lowest BCUT2D eigenvalue weighted by Gasteiger charge is -2.14. The predicted octanol–water partition coefficient (Wildman–Crippen LogP) is 9.33. The van der Waals surface area contributed by atoms with Crippen molar-refractivity contribution in [2.24, 2.45) is 30.7 Å². The minimum Gasteiger partial charge on any atom is -0.508 e. The molecule has 6 aromatic rings. The minimum absolute atomic E-state index is 0.0276. The van der Waals surface area contributed by atoms with E-state index in [0.29, 0.717) is 34.8 Å².